The van der Waals surface area contributed by atoms with Crippen molar-refractivity contribution in [3.8, 4) is 0 Å². The molecule has 0 aromatic heterocycles. The normalized spacial score (nSPS) is 12.7. The first kappa shape index (κ1) is 17.9. The minimum absolute atomic E-state index is 0.0336. The van der Waals surface area contributed by atoms with Gasteiger partial charge in [-0.3, -0.25) is 14.5 Å². The molecule has 0 aromatic carbocycles. The van der Waals surface area contributed by atoms with E-state index in [-0.39, 0.29) is 13.0 Å². The van der Waals surface area contributed by atoms with Gasteiger partial charge in [-0.2, -0.15) is 0 Å². The number of aliphatic carboxylic acids is 2. The van der Waals surface area contributed by atoms with E-state index >= 15 is 0 Å². The van der Waals surface area contributed by atoms with Crippen LogP contribution in [0, 0.1) is 5.41 Å². The zero-order valence-electron chi connectivity index (χ0n) is 12.5. The molecule has 0 aromatic rings. The number of carboxylic acids is 2. The minimum atomic E-state index is -0.925. The highest BCUT2D eigenvalue weighted by Gasteiger charge is 2.36. The zero-order valence-corrected chi connectivity index (χ0v) is 12.5. The number of rotatable bonds is 9. The molecule has 0 unspecified atom stereocenters. The zero-order chi connectivity index (χ0) is 15.3. The Kier molecular flexibility index (Phi) is 6.45. The van der Waals surface area contributed by atoms with Crippen LogP contribution >= 0.6 is 0 Å². The van der Waals surface area contributed by atoms with Crippen LogP contribution in [0.25, 0.3) is 0 Å². The minimum Gasteiger partial charge on any atom is -0.481 e. The summed E-state index contributed by atoms with van der Waals surface area (Å²) in [5, 5.41) is 21.3. The van der Waals surface area contributed by atoms with E-state index in [1.54, 1.807) is 13.8 Å². The first-order chi connectivity index (χ1) is 8.53. The fourth-order valence-electron chi connectivity index (χ4n) is 1.76. The SMILES string of the molecule is CCNCN(CC(C)(C)C(=O)O)C(C)(C)CC(=O)O. The number of carboxylic acid groups (broad SMARTS) is 2. The van der Waals surface area contributed by atoms with Crippen LogP contribution in [0.3, 0.4) is 0 Å². The van der Waals surface area contributed by atoms with Crippen LogP contribution in [0.2, 0.25) is 0 Å². The van der Waals surface area contributed by atoms with Gasteiger partial charge in [0.2, 0.25) is 0 Å². The molecule has 0 amide bonds. The molecule has 0 bridgehead atoms. The van der Waals surface area contributed by atoms with Gasteiger partial charge in [0.05, 0.1) is 11.8 Å². The van der Waals surface area contributed by atoms with Crippen molar-refractivity contribution in [1.29, 1.82) is 0 Å². The molecule has 0 saturated heterocycles. The predicted octanol–water partition coefficient (Wildman–Crippen LogP) is 1.22. The van der Waals surface area contributed by atoms with E-state index in [1.165, 1.54) is 0 Å². The molecule has 112 valence electrons. The van der Waals surface area contributed by atoms with E-state index in [0.717, 1.165) is 6.54 Å². The third kappa shape index (κ3) is 6.02. The van der Waals surface area contributed by atoms with Crippen molar-refractivity contribution in [3.05, 3.63) is 0 Å². The van der Waals surface area contributed by atoms with Gasteiger partial charge in [-0.1, -0.05) is 6.92 Å². The highest BCUT2D eigenvalue weighted by atomic mass is 16.4. The summed E-state index contributed by atoms with van der Waals surface area (Å²) in [7, 11) is 0. The summed E-state index contributed by atoms with van der Waals surface area (Å²) in [6.07, 6.45) is -0.0336. The second kappa shape index (κ2) is 6.86. The third-order valence-electron chi connectivity index (χ3n) is 3.16. The molecule has 0 aliphatic rings. The maximum Gasteiger partial charge on any atom is 0.310 e. The fraction of sp³-hybridized carbons (Fsp3) is 0.846. The van der Waals surface area contributed by atoms with Crippen LogP contribution in [-0.2, 0) is 9.59 Å². The van der Waals surface area contributed by atoms with Gasteiger partial charge in [0, 0.05) is 18.8 Å². The molecule has 0 radical (unpaired) electrons. The van der Waals surface area contributed by atoms with Crippen LogP contribution in [-0.4, -0.2) is 52.3 Å². The second-order valence-corrected chi connectivity index (χ2v) is 6.03. The van der Waals surface area contributed by atoms with Crippen molar-refractivity contribution in [2.24, 2.45) is 5.41 Å². The lowest BCUT2D eigenvalue weighted by Crippen LogP contribution is -2.54. The summed E-state index contributed by atoms with van der Waals surface area (Å²) < 4.78 is 0. The lowest BCUT2D eigenvalue weighted by molar-refractivity contribution is -0.149. The summed E-state index contributed by atoms with van der Waals surface area (Å²) in [4.78, 5) is 24.0. The van der Waals surface area contributed by atoms with E-state index in [0.29, 0.717) is 6.67 Å². The smallest absolute Gasteiger partial charge is 0.310 e. The molecule has 0 atom stereocenters. The van der Waals surface area contributed by atoms with Gasteiger partial charge in [-0.05, 0) is 34.2 Å². The average molecular weight is 274 g/mol. The highest BCUT2D eigenvalue weighted by Crippen LogP contribution is 2.25. The second-order valence-electron chi connectivity index (χ2n) is 6.03. The van der Waals surface area contributed by atoms with Crippen molar-refractivity contribution < 1.29 is 19.8 Å². The van der Waals surface area contributed by atoms with Crippen molar-refractivity contribution in [2.45, 2.75) is 46.6 Å². The van der Waals surface area contributed by atoms with E-state index in [9.17, 15) is 14.7 Å². The van der Waals surface area contributed by atoms with E-state index in [2.05, 4.69) is 5.32 Å². The van der Waals surface area contributed by atoms with E-state index in [1.807, 2.05) is 25.7 Å². The Hall–Kier alpha value is -1.14. The quantitative estimate of drug-likeness (QED) is 0.548. The Labute approximate surface area is 114 Å². The van der Waals surface area contributed by atoms with Crippen LogP contribution in [0.5, 0.6) is 0 Å². The van der Waals surface area contributed by atoms with Crippen LogP contribution in [0.15, 0.2) is 0 Å². The number of hydrogen-bond acceptors (Lipinski definition) is 4. The Bertz CT molecular complexity index is 327. The molecular weight excluding hydrogens is 248 g/mol. The first-order valence-electron chi connectivity index (χ1n) is 6.44. The van der Waals surface area contributed by atoms with E-state index < -0.39 is 22.9 Å². The molecule has 0 aliphatic carbocycles. The van der Waals surface area contributed by atoms with Crippen LogP contribution in [0.1, 0.15) is 41.0 Å². The lowest BCUT2D eigenvalue weighted by Gasteiger charge is -2.41. The number of nitrogens with zero attached hydrogens (tertiary/aromatic N) is 1. The predicted molar refractivity (Wildman–Crippen MR) is 73.0 cm³/mol. The molecule has 0 rings (SSSR count). The fourth-order valence-corrected chi connectivity index (χ4v) is 1.76. The average Bonchev–Trinajstić information content (AvgIpc) is 2.21. The summed E-state index contributed by atoms with van der Waals surface area (Å²) in [5.74, 6) is -1.78. The lowest BCUT2D eigenvalue weighted by atomic mass is 9.89. The van der Waals surface area contributed by atoms with Crippen molar-refractivity contribution >= 4 is 11.9 Å². The van der Waals surface area contributed by atoms with Crippen LogP contribution < -0.4 is 5.32 Å². The highest BCUT2D eigenvalue weighted by molar-refractivity contribution is 5.74. The van der Waals surface area contributed by atoms with Crippen molar-refractivity contribution in [1.82, 2.24) is 10.2 Å². The molecule has 3 N–H and O–H groups in total. The molecule has 6 nitrogen and oxygen atoms in total. The molecule has 19 heavy (non-hydrogen) atoms. The maximum absolute atomic E-state index is 11.2. The molecule has 0 heterocycles. The van der Waals surface area contributed by atoms with Gasteiger partial charge in [0.15, 0.2) is 0 Å². The summed E-state index contributed by atoms with van der Waals surface area (Å²) in [6.45, 7) is 10.4. The number of nitrogens with one attached hydrogen (secondary N) is 1. The summed E-state index contributed by atoms with van der Waals surface area (Å²) >= 11 is 0. The van der Waals surface area contributed by atoms with Gasteiger partial charge in [0.25, 0.3) is 0 Å². The van der Waals surface area contributed by atoms with Gasteiger partial charge < -0.3 is 15.5 Å². The van der Waals surface area contributed by atoms with Crippen molar-refractivity contribution in [2.75, 3.05) is 19.8 Å². The Morgan fingerprint density at radius 2 is 1.68 bits per heavy atom. The van der Waals surface area contributed by atoms with Gasteiger partial charge in [-0.25, -0.2) is 0 Å². The molecular formula is C13H26N2O4. The topological polar surface area (TPSA) is 89.9 Å². The number of carbonyl (C=O) groups is 2. The van der Waals surface area contributed by atoms with E-state index in [4.69, 9.17) is 5.11 Å². The van der Waals surface area contributed by atoms with Crippen LogP contribution in [0.4, 0.5) is 0 Å². The van der Waals surface area contributed by atoms with Gasteiger partial charge in [0.1, 0.15) is 0 Å². The molecule has 0 saturated carbocycles. The Balaban J connectivity index is 4.99. The standard InChI is InChI=1S/C13H26N2O4/c1-6-14-9-15(8-12(2,3)11(18)19)13(4,5)7-10(16)17/h14H,6-9H2,1-5H3,(H,16,17)(H,18,19). The largest absolute Gasteiger partial charge is 0.481 e. The Morgan fingerprint density at radius 1 is 1.16 bits per heavy atom. The third-order valence-corrected chi connectivity index (χ3v) is 3.16. The summed E-state index contributed by atoms with van der Waals surface area (Å²) in [6, 6.07) is 0. The molecule has 0 aliphatic heterocycles. The number of hydrogen-bond donors (Lipinski definition) is 3. The summed E-state index contributed by atoms with van der Waals surface area (Å²) in [5.41, 5.74) is -1.54. The van der Waals surface area contributed by atoms with Gasteiger partial charge >= 0.3 is 11.9 Å². The Morgan fingerprint density at radius 3 is 2.05 bits per heavy atom. The monoisotopic (exact) mass is 274 g/mol. The molecule has 0 spiro atoms. The molecule has 6 heteroatoms. The maximum atomic E-state index is 11.2. The van der Waals surface area contributed by atoms with Gasteiger partial charge in [-0.15, -0.1) is 0 Å². The van der Waals surface area contributed by atoms with Crippen molar-refractivity contribution in [3.63, 3.8) is 0 Å². The molecule has 0 fully saturated rings. The first-order valence-corrected chi connectivity index (χ1v) is 6.44.